The van der Waals surface area contributed by atoms with Gasteiger partial charge in [0.2, 0.25) is 0 Å². The number of hydrogen-bond acceptors (Lipinski definition) is 1. The molecule has 0 spiro atoms. The summed E-state index contributed by atoms with van der Waals surface area (Å²) in [5, 5.41) is -0.122. The molecule has 2 rings (SSSR count). The first-order valence-electron chi connectivity index (χ1n) is 3.47. The van der Waals surface area contributed by atoms with Crippen LogP contribution >= 0.6 is 11.6 Å². The van der Waals surface area contributed by atoms with Gasteiger partial charge in [-0.15, -0.1) is 11.6 Å². The van der Waals surface area contributed by atoms with Crippen LogP contribution in [0.5, 0.6) is 0 Å². The Morgan fingerprint density at radius 3 is 2.56 bits per heavy atom. The molecule has 2 bridgehead atoms. The van der Waals surface area contributed by atoms with E-state index in [9.17, 15) is 4.79 Å². The number of rotatable bonds is 0. The standard InChI is InChI=1S/C7H9ClO/c8-6-4-1-2-5(3-4)7(6)9/h4-6H,1-3H2/t4-,5-,6+/m1/s1. The highest BCUT2D eigenvalue weighted by Crippen LogP contribution is 2.44. The maximum absolute atomic E-state index is 11.0. The number of alkyl halides is 1. The van der Waals surface area contributed by atoms with Crippen LogP contribution in [0.4, 0.5) is 0 Å². The molecule has 2 heteroatoms. The maximum Gasteiger partial charge on any atom is 0.154 e. The average Bonchev–Trinajstić information content (AvgIpc) is 2.37. The summed E-state index contributed by atoms with van der Waals surface area (Å²) >= 11 is 5.81. The van der Waals surface area contributed by atoms with Gasteiger partial charge in [-0.25, -0.2) is 0 Å². The van der Waals surface area contributed by atoms with E-state index in [1.807, 2.05) is 0 Å². The van der Waals surface area contributed by atoms with Crippen molar-refractivity contribution in [1.82, 2.24) is 0 Å². The topological polar surface area (TPSA) is 17.1 Å². The van der Waals surface area contributed by atoms with Gasteiger partial charge >= 0.3 is 0 Å². The number of Topliss-reactive ketones (excluding diaryl/α,β-unsaturated/α-hetero) is 1. The fourth-order valence-electron chi connectivity index (χ4n) is 2.00. The number of halogens is 1. The zero-order valence-corrected chi connectivity index (χ0v) is 5.90. The minimum Gasteiger partial charge on any atom is -0.298 e. The van der Waals surface area contributed by atoms with Crippen molar-refractivity contribution in [3.05, 3.63) is 0 Å². The molecule has 0 radical (unpaired) electrons. The van der Waals surface area contributed by atoms with Gasteiger partial charge in [-0.3, -0.25) is 4.79 Å². The van der Waals surface area contributed by atoms with E-state index in [2.05, 4.69) is 0 Å². The Balaban J connectivity index is 2.25. The lowest BCUT2D eigenvalue weighted by Crippen LogP contribution is -2.21. The molecule has 2 aliphatic carbocycles. The monoisotopic (exact) mass is 144 g/mol. The van der Waals surface area contributed by atoms with E-state index in [0.717, 1.165) is 12.8 Å². The van der Waals surface area contributed by atoms with Crippen LogP contribution in [-0.2, 0) is 4.79 Å². The van der Waals surface area contributed by atoms with Crippen LogP contribution in [0.3, 0.4) is 0 Å². The summed E-state index contributed by atoms with van der Waals surface area (Å²) in [5.41, 5.74) is 0. The summed E-state index contributed by atoms with van der Waals surface area (Å²) < 4.78 is 0. The predicted octanol–water partition coefficient (Wildman–Crippen LogP) is 1.59. The number of carbonyl (C=O) groups is 1. The SMILES string of the molecule is O=C1[C@@H]2CC[C@H](C2)[C@@H]1Cl. The molecule has 50 valence electrons. The van der Waals surface area contributed by atoms with Crippen molar-refractivity contribution >= 4 is 17.4 Å². The second-order valence-corrected chi connectivity index (χ2v) is 3.54. The van der Waals surface area contributed by atoms with Gasteiger partial charge in [0.05, 0.1) is 5.38 Å². The summed E-state index contributed by atoms with van der Waals surface area (Å²) in [7, 11) is 0. The van der Waals surface area contributed by atoms with Crippen molar-refractivity contribution in [2.75, 3.05) is 0 Å². The van der Waals surface area contributed by atoms with Crippen LogP contribution in [0.2, 0.25) is 0 Å². The molecule has 0 aromatic carbocycles. The van der Waals surface area contributed by atoms with Gasteiger partial charge in [-0.2, -0.15) is 0 Å². The Kier molecular flexibility index (Phi) is 1.10. The summed E-state index contributed by atoms with van der Waals surface area (Å²) in [6.45, 7) is 0. The van der Waals surface area contributed by atoms with Crippen LogP contribution in [0, 0.1) is 11.8 Å². The number of ketones is 1. The Morgan fingerprint density at radius 2 is 2.22 bits per heavy atom. The molecular formula is C7H9ClO. The third kappa shape index (κ3) is 0.644. The molecule has 0 unspecified atom stereocenters. The van der Waals surface area contributed by atoms with Crippen molar-refractivity contribution in [1.29, 1.82) is 0 Å². The van der Waals surface area contributed by atoms with Crippen LogP contribution in [0.25, 0.3) is 0 Å². The molecule has 0 aromatic rings. The van der Waals surface area contributed by atoms with E-state index in [0.29, 0.717) is 17.6 Å². The minimum absolute atomic E-state index is 0.122. The first kappa shape index (κ1) is 5.72. The third-order valence-electron chi connectivity index (χ3n) is 2.56. The smallest absolute Gasteiger partial charge is 0.154 e. The minimum atomic E-state index is -0.122. The summed E-state index contributed by atoms with van der Waals surface area (Å²) in [5.74, 6) is 1.19. The Labute approximate surface area is 59.4 Å². The molecule has 2 aliphatic rings. The maximum atomic E-state index is 11.0. The molecule has 2 fully saturated rings. The molecule has 0 aromatic heterocycles. The lowest BCUT2D eigenvalue weighted by atomic mass is 9.99. The first-order valence-corrected chi connectivity index (χ1v) is 3.90. The second kappa shape index (κ2) is 1.72. The van der Waals surface area contributed by atoms with Gasteiger partial charge in [-0.05, 0) is 25.2 Å². The van der Waals surface area contributed by atoms with Crippen molar-refractivity contribution in [3.8, 4) is 0 Å². The lowest BCUT2D eigenvalue weighted by molar-refractivity contribution is -0.121. The van der Waals surface area contributed by atoms with E-state index in [1.165, 1.54) is 6.42 Å². The molecule has 0 amide bonds. The fraction of sp³-hybridized carbons (Fsp3) is 0.857. The van der Waals surface area contributed by atoms with E-state index >= 15 is 0 Å². The molecule has 0 N–H and O–H groups in total. The van der Waals surface area contributed by atoms with Crippen molar-refractivity contribution in [3.63, 3.8) is 0 Å². The summed E-state index contributed by atoms with van der Waals surface area (Å²) in [4.78, 5) is 11.0. The predicted molar refractivity (Wildman–Crippen MR) is 35.5 cm³/mol. The molecular weight excluding hydrogens is 136 g/mol. The van der Waals surface area contributed by atoms with Gasteiger partial charge in [0.25, 0.3) is 0 Å². The van der Waals surface area contributed by atoms with E-state index in [4.69, 9.17) is 11.6 Å². The van der Waals surface area contributed by atoms with Crippen LogP contribution < -0.4 is 0 Å². The Bertz CT molecular complexity index is 151. The fourth-order valence-corrected chi connectivity index (χ4v) is 2.41. The molecule has 0 heterocycles. The zero-order chi connectivity index (χ0) is 6.43. The van der Waals surface area contributed by atoms with Gasteiger partial charge in [0.15, 0.2) is 5.78 Å². The molecule has 2 saturated carbocycles. The Hall–Kier alpha value is -0.0400. The van der Waals surface area contributed by atoms with Crippen LogP contribution in [0.15, 0.2) is 0 Å². The molecule has 1 nitrogen and oxygen atoms in total. The lowest BCUT2D eigenvalue weighted by Gasteiger charge is -2.12. The largest absolute Gasteiger partial charge is 0.298 e. The Morgan fingerprint density at radius 1 is 1.44 bits per heavy atom. The highest BCUT2D eigenvalue weighted by molar-refractivity contribution is 6.32. The molecule has 3 atom stereocenters. The summed E-state index contributed by atoms with van der Waals surface area (Å²) in [6, 6.07) is 0. The quantitative estimate of drug-likeness (QED) is 0.472. The third-order valence-corrected chi connectivity index (χ3v) is 3.13. The molecule has 9 heavy (non-hydrogen) atoms. The second-order valence-electron chi connectivity index (χ2n) is 3.07. The van der Waals surface area contributed by atoms with Crippen molar-refractivity contribution < 1.29 is 4.79 Å². The summed E-state index contributed by atoms with van der Waals surface area (Å²) in [6.07, 6.45) is 3.37. The van der Waals surface area contributed by atoms with E-state index < -0.39 is 0 Å². The number of fused-ring (bicyclic) bond motifs is 2. The first-order chi connectivity index (χ1) is 4.29. The van der Waals surface area contributed by atoms with Gasteiger partial charge in [-0.1, -0.05) is 0 Å². The van der Waals surface area contributed by atoms with E-state index in [-0.39, 0.29) is 5.38 Å². The molecule has 0 aliphatic heterocycles. The van der Waals surface area contributed by atoms with E-state index in [1.54, 1.807) is 0 Å². The number of hydrogen-bond donors (Lipinski definition) is 0. The average molecular weight is 145 g/mol. The van der Waals surface area contributed by atoms with Crippen LogP contribution in [-0.4, -0.2) is 11.2 Å². The van der Waals surface area contributed by atoms with Gasteiger partial charge < -0.3 is 0 Å². The van der Waals surface area contributed by atoms with Crippen molar-refractivity contribution in [2.45, 2.75) is 24.6 Å². The van der Waals surface area contributed by atoms with Crippen molar-refractivity contribution in [2.24, 2.45) is 11.8 Å². The van der Waals surface area contributed by atoms with Gasteiger partial charge in [0.1, 0.15) is 0 Å². The zero-order valence-electron chi connectivity index (χ0n) is 5.14. The number of carbonyl (C=O) groups excluding carboxylic acids is 1. The highest BCUT2D eigenvalue weighted by atomic mass is 35.5. The van der Waals surface area contributed by atoms with Crippen LogP contribution in [0.1, 0.15) is 19.3 Å². The van der Waals surface area contributed by atoms with Gasteiger partial charge in [0, 0.05) is 5.92 Å². The highest BCUT2D eigenvalue weighted by Gasteiger charge is 2.45. The molecule has 0 saturated heterocycles. The normalized spacial score (nSPS) is 48.6.